The lowest BCUT2D eigenvalue weighted by molar-refractivity contribution is -0.116. The third-order valence-corrected chi connectivity index (χ3v) is 4.96. The molecule has 2 atom stereocenters. The summed E-state index contributed by atoms with van der Waals surface area (Å²) in [5, 5.41) is 5.96. The monoisotopic (exact) mass is 331 g/mol. The molecule has 1 heterocycles. The van der Waals surface area contributed by atoms with Crippen molar-refractivity contribution in [2.75, 3.05) is 23.9 Å². The van der Waals surface area contributed by atoms with Crippen LogP contribution in [0, 0.1) is 5.92 Å². The second-order valence-electron chi connectivity index (χ2n) is 7.00. The molecule has 24 heavy (non-hydrogen) atoms. The van der Waals surface area contributed by atoms with E-state index in [2.05, 4.69) is 17.6 Å². The van der Waals surface area contributed by atoms with E-state index in [-0.39, 0.29) is 23.6 Å². The summed E-state index contributed by atoms with van der Waals surface area (Å²) >= 11 is 0. The number of carbonyl (C=O) groups is 2. The summed E-state index contributed by atoms with van der Waals surface area (Å²) in [4.78, 5) is 25.4. The number of ether oxygens (including phenoxy) is 1. The molecule has 130 valence electrons. The topological polar surface area (TPSA) is 70.7 Å². The van der Waals surface area contributed by atoms with Gasteiger partial charge < -0.3 is 20.3 Å². The molecule has 1 aliphatic heterocycles. The predicted molar refractivity (Wildman–Crippen MR) is 93.2 cm³/mol. The van der Waals surface area contributed by atoms with E-state index in [9.17, 15) is 9.59 Å². The molecule has 1 aromatic rings. The van der Waals surface area contributed by atoms with Gasteiger partial charge in [0.25, 0.3) is 0 Å². The molecule has 3 amide bonds. The van der Waals surface area contributed by atoms with E-state index in [0.717, 1.165) is 12.1 Å². The summed E-state index contributed by atoms with van der Waals surface area (Å²) in [6.45, 7) is 4.26. The SMILES string of the molecule is CC(=O)N(C)c1cccc(NC(=O)NC2(C)CCOC2C2CC2)c1. The second kappa shape index (κ2) is 6.43. The van der Waals surface area contributed by atoms with Crippen LogP contribution in [0.5, 0.6) is 0 Å². The first-order valence-corrected chi connectivity index (χ1v) is 8.44. The molecule has 1 aliphatic carbocycles. The largest absolute Gasteiger partial charge is 0.375 e. The number of hydrogen-bond donors (Lipinski definition) is 2. The molecule has 2 fully saturated rings. The molecule has 0 spiro atoms. The van der Waals surface area contributed by atoms with Crippen molar-refractivity contribution < 1.29 is 14.3 Å². The maximum absolute atomic E-state index is 12.4. The molecule has 0 bridgehead atoms. The Labute approximate surface area is 142 Å². The lowest BCUT2D eigenvalue weighted by Gasteiger charge is -2.31. The zero-order valence-electron chi connectivity index (χ0n) is 14.5. The number of carbonyl (C=O) groups excluding carboxylic acids is 2. The lowest BCUT2D eigenvalue weighted by Crippen LogP contribution is -2.53. The Morgan fingerprint density at radius 2 is 2.08 bits per heavy atom. The highest BCUT2D eigenvalue weighted by Crippen LogP contribution is 2.43. The van der Waals surface area contributed by atoms with Crippen LogP contribution in [-0.2, 0) is 9.53 Å². The Balaban J connectivity index is 1.64. The van der Waals surface area contributed by atoms with Gasteiger partial charge in [-0.2, -0.15) is 0 Å². The summed E-state index contributed by atoms with van der Waals surface area (Å²) in [5.41, 5.74) is 1.08. The molecule has 0 aromatic heterocycles. The number of anilines is 2. The zero-order valence-corrected chi connectivity index (χ0v) is 14.5. The number of hydrogen-bond acceptors (Lipinski definition) is 3. The summed E-state index contributed by atoms with van der Waals surface area (Å²) in [5.74, 6) is 0.518. The predicted octanol–water partition coefficient (Wildman–Crippen LogP) is 2.75. The van der Waals surface area contributed by atoms with E-state index in [4.69, 9.17) is 4.74 Å². The van der Waals surface area contributed by atoms with Crippen LogP contribution in [0.25, 0.3) is 0 Å². The van der Waals surface area contributed by atoms with Gasteiger partial charge in [-0.3, -0.25) is 4.79 Å². The Kier molecular flexibility index (Phi) is 4.49. The number of nitrogens with zero attached hydrogens (tertiary/aromatic N) is 1. The van der Waals surface area contributed by atoms with Crippen LogP contribution in [-0.4, -0.2) is 37.2 Å². The molecule has 2 N–H and O–H groups in total. The first kappa shape index (κ1) is 16.8. The van der Waals surface area contributed by atoms with Crippen molar-refractivity contribution in [2.45, 2.75) is 44.8 Å². The third kappa shape index (κ3) is 3.53. The van der Waals surface area contributed by atoms with E-state index >= 15 is 0 Å². The Hall–Kier alpha value is -2.08. The average Bonchev–Trinajstić information content (AvgIpc) is 3.29. The maximum atomic E-state index is 12.4. The molecular formula is C18H25N3O3. The standard InChI is InChI=1S/C18H25N3O3/c1-12(22)21(3)15-6-4-5-14(11-15)19-17(23)20-18(2)9-10-24-16(18)13-7-8-13/h4-6,11,13,16H,7-10H2,1-3H3,(H2,19,20,23). The van der Waals surface area contributed by atoms with Crippen LogP contribution in [0.1, 0.15) is 33.1 Å². The fourth-order valence-electron chi connectivity index (χ4n) is 3.31. The van der Waals surface area contributed by atoms with Gasteiger partial charge in [0.05, 0.1) is 11.6 Å². The second-order valence-corrected chi connectivity index (χ2v) is 7.00. The number of nitrogens with one attached hydrogen (secondary N) is 2. The van der Waals surface area contributed by atoms with Gasteiger partial charge in [0.2, 0.25) is 5.91 Å². The first-order chi connectivity index (χ1) is 11.4. The van der Waals surface area contributed by atoms with E-state index in [1.54, 1.807) is 18.0 Å². The first-order valence-electron chi connectivity index (χ1n) is 8.44. The molecule has 0 radical (unpaired) electrons. The van der Waals surface area contributed by atoms with Crippen LogP contribution in [0.2, 0.25) is 0 Å². The zero-order chi connectivity index (χ0) is 17.3. The van der Waals surface area contributed by atoms with Crippen LogP contribution in [0.3, 0.4) is 0 Å². The van der Waals surface area contributed by atoms with Crippen molar-refractivity contribution in [3.63, 3.8) is 0 Å². The van der Waals surface area contributed by atoms with Crippen molar-refractivity contribution >= 4 is 23.3 Å². The van der Waals surface area contributed by atoms with Gasteiger partial charge in [0.15, 0.2) is 0 Å². The number of amides is 3. The molecule has 2 aliphatic rings. The van der Waals surface area contributed by atoms with Gasteiger partial charge in [0.1, 0.15) is 0 Å². The van der Waals surface area contributed by atoms with Crippen molar-refractivity contribution in [3.8, 4) is 0 Å². The van der Waals surface area contributed by atoms with Crippen molar-refractivity contribution in [2.24, 2.45) is 5.92 Å². The van der Waals surface area contributed by atoms with Crippen LogP contribution in [0.15, 0.2) is 24.3 Å². The van der Waals surface area contributed by atoms with Gasteiger partial charge in [-0.15, -0.1) is 0 Å². The maximum Gasteiger partial charge on any atom is 0.319 e. The van der Waals surface area contributed by atoms with E-state index < -0.39 is 0 Å². The normalized spacial score (nSPS) is 26.0. The molecule has 3 rings (SSSR count). The van der Waals surface area contributed by atoms with Crippen LogP contribution >= 0.6 is 0 Å². The van der Waals surface area contributed by atoms with Crippen molar-refractivity contribution in [1.82, 2.24) is 5.32 Å². The third-order valence-electron chi connectivity index (χ3n) is 4.96. The Morgan fingerprint density at radius 3 is 2.75 bits per heavy atom. The molecule has 1 saturated heterocycles. The molecule has 1 saturated carbocycles. The van der Waals surface area contributed by atoms with Gasteiger partial charge in [-0.05, 0) is 50.3 Å². The lowest BCUT2D eigenvalue weighted by atomic mass is 9.90. The quantitative estimate of drug-likeness (QED) is 0.891. The van der Waals surface area contributed by atoms with Crippen LogP contribution < -0.4 is 15.5 Å². The number of benzene rings is 1. The minimum Gasteiger partial charge on any atom is -0.375 e. The molecule has 6 nitrogen and oxygen atoms in total. The van der Waals surface area contributed by atoms with Gasteiger partial charge >= 0.3 is 6.03 Å². The molecule has 1 aromatic carbocycles. The Morgan fingerprint density at radius 1 is 1.33 bits per heavy atom. The summed E-state index contributed by atoms with van der Waals surface area (Å²) in [7, 11) is 1.71. The van der Waals surface area contributed by atoms with Gasteiger partial charge in [-0.25, -0.2) is 4.79 Å². The Bertz CT molecular complexity index is 644. The molecule has 6 heteroatoms. The van der Waals surface area contributed by atoms with E-state index in [1.165, 1.54) is 19.8 Å². The highest BCUT2D eigenvalue weighted by atomic mass is 16.5. The average molecular weight is 331 g/mol. The minimum absolute atomic E-state index is 0.0560. The van der Waals surface area contributed by atoms with Gasteiger partial charge in [0, 0.05) is 32.0 Å². The highest BCUT2D eigenvalue weighted by Gasteiger charge is 2.49. The minimum atomic E-state index is -0.320. The summed E-state index contributed by atoms with van der Waals surface area (Å²) in [6, 6.07) is 7.00. The van der Waals surface area contributed by atoms with Crippen LogP contribution in [0.4, 0.5) is 16.2 Å². The summed E-state index contributed by atoms with van der Waals surface area (Å²) in [6.07, 6.45) is 3.30. The van der Waals surface area contributed by atoms with E-state index in [0.29, 0.717) is 18.2 Å². The van der Waals surface area contributed by atoms with Crippen molar-refractivity contribution in [1.29, 1.82) is 0 Å². The fraction of sp³-hybridized carbons (Fsp3) is 0.556. The van der Waals surface area contributed by atoms with Gasteiger partial charge in [-0.1, -0.05) is 6.07 Å². The number of rotatable bonds is 4. The highest BCUT2D eigenvalue weighted by molar-refractivity contribution is 5.93. The fourth-order valence-corrected chi connectivity index (χ4v) is 3.31. The summed E-state index contributed by atoms with van der Waals surface area (Å²) < 4.78 is 5.83. The smallest absolute Gasteiger partial charge is 0.319 e. The molecule has 2 unspecified atom stereocenters. The number of urea groups is 1. The van der Waals surface area contributed by atoms with E-state index in [1.807, 2.05) is 18.2 Å². The molecular weight excluding hydrogens is 306 g/mol. The van der Waals surface area contributed by atoms with Crippen molar-refractivity contribution in [3.05, 3.63) is 24.3 Å².